The highest BCUT2D eigenvalue weighted by Crippen LogP contribution is 2.46. The summed E-state index contributed by atoms with van der Waals surface area (Å²) in [5, 5.41) is 15.4. The van der Waals surface area contributed by atoms with Crippen molar-refractivity contribution in [1.82, 2.24) is 19.1 Å². The molecular formula is C56H32N4O. The number of rotatable bonds is 3. The first kappa shape index (κ1) is 32.7. The molecule has 4 heterocycles. The van der Waals surface area contributed by atoms with Crippen molar-refractivity contribution < 1.29 is 4.42 Å². The lowest BCUT2D eigenvalue weighted by Crippen LogP contribution is -2.03. The number of hydrogen-bond acceptors (Lipinski definition) is 3. The van der Waals surface area contributed by atoms with E-state index in [2.05, 4.69) is 191 Å². The lowest BCUT2D eigenvalue weighted by molar-refractivity contribution is 0.666. The van der Waals surface area contributed by atoms with E-state index in [-0.39, 0.29) is 0 Å². The molecule has 14 aromatic rings. The normalized spacial score (nSPS) is 12.3. The monoisotopic (exact) mass is 776 g/mol. The Morgan fingerprint density at radius 2 is 0.984 bits per heavy atom. The first-order valence-corrected chi connectivity index (χ1v) is 20.8. The summed E-state index contributed by atoms with van der Waals surface area (Å²) >= 11 is 0. The van der Waals surface area contributed by atoms with Crippen molar-refractivity contribution in [2.75, 3.05) is 0 Å². The van der Waals surface area contributed by atoms with Crippen LogP contribution in [0.25, 0.3) is 132 Å². The molecule has 0 atom stereocenters. The molecular weight excluding hydrogens is 745 g/mol. The molecule has 0 saturated heterocycles. The van der Waals surface area contributed by atoms with Gasteiger partial charge in [0.25, 0.3) is 0 Å². The summed E-state index contributed by atoms with van der Waals surface area (Å²) in [4.78, 5) is 11.1. The maximum atomic E-state index is 6.74. The molecule has 4 aromatic heterocycles. The Morgan fingerprint density at radius 3 is 1.80 bits per heavy atom. The summed E-state index contributed by atoms with van der Waals surface area (Å²) in [6, 6.07) is 69.5. The van der Waals surface area contributed by atoms with Crippen LogP contribution in [0.2, 0.25) is 0 Å². The largest absolute Gasteiger partial charge is 0.452 e. The maximum absolute atomic E-state index is 6.74. The maximum Gasteiger partial charge on any atom is 0.236 e. The fraction of sp³-hybridized carbons (Fsp3) is 0. The molecule has 0 fully saturated rings. The predicted octanol–water partition coefficient (Wildman–Crippen LogP) is 14.8. The van der Waals surface area contributed by atoms with E-state index in [0.717, 1.165) is 77.0 Å². The average molecular weight is 777 g/mol. The molecule has 0 aliphatic carbocycles. The molecule has 14 rings (SSSR count). The van der Waals surface area contributed by atoms with Crippen molar-refractivity contribution in [3.63, 3.8) is 0 Å². The standard InChI is InChI=1S/C56H32N4O/c1-2-15-35(16-3-1)59-46-24-12-10-21-40(46)45-32-34(27-30-47(45)59)52-55-53(43-23-11-13-25-49(43)61-55)58-56(57-52)60-48-31-29-42-39-20-7-6-18-37(39)38-19-8-9-22-41(38)50(42)51(48)44-28-26-33-14-4-5-17-36(33)54(44)60/h1-32H. The van der Waals surface area contributed by atoms with Gasteiger partial charge in [0.05, 0.1) is 22.1 Å². The van der Waals surface area contributed by atoms with Gasteiger partial charge in [-0.25, -0.2) is 9.97 Å². The number of furan rings is 1. The SMILES string of the molecule is c1ccc(-n2c3ccccc3c3cc(-c4nc(-n5c6ccc7c8ccccc8c8ccccc8c7c6c6ccc7ccccc7c65)nc5c4oc4ccccc45)ccc32)cc1. The van der Waals surface area contributed by atoms with Crippen LogP contribution < -0.4 is 0 Å². The van der Waals surface area contributed by atoms with E-state index in [9.17, 15) is 0 Å². The van der Waals surface area contributed by atoms with Gasteiger partial charge in [-0.15, -0.1) is 0 Å². The number of hydrogen-bond donors (Lipinski definition) is 0. The fourth-order valence-electron chi connectivity index (χ4n) is 10.3. The summed E-state index contributed by atoms with van der Waals surface area (Å²) in [6.45, 7) is 0. The van der Waals surface area contributed by atoms with Gasteiger partial charge in [-0.05, 0) is 80.8 Å². The first-order chi connectivity index (χ1) is 30.3. The molecule has 61 heavy (non-hydrogen) atoms. The molecule has 0 amide bonds. The third kappa shape index (κ3) is 4.44. The smallest absolute Gasteiger partial charge is 0.236 e. The van der Waals surface area contributed by atoms with E-state index in [1.807, 2.05) is 12.1 Å². The predicted molar refractivity (Wildman–Crippen MR) is 253 cm³/mol. The molecule has 5 nitrogen and oxygen atoms in total. The Bertz CT molecular complexity index is 4140. The highest BCUT2D eigenvalue weighted by molar-refractivity contribution is 6.36. The number of nitrogens with zero attached hydrogens (tertiary/aromatic N) is 4. The Labute approximate surface area is 347 Å². The highest BCUT2D eigenvalue weighted by atomic mass is 16.3. The van der Waals surface area contributed by atoms with Crippen LogP contribution in [0.15, 0.2) is 199 Å². The molecule has 0 aliphatic rings. The summed E-state index contributed by atoms with van der Waals surface area (Å²) in [5.74, 6) is 0.599. The minimum atomic E-state index is 0.599. The van der Waals surface area contributed by atoms with Crippen molar-refractivity contribution in [2.24, 2.45) is 0 Å². The second-order valence-corrected chi connectivity index (χ2v) is 16.1. The zero-order valence-corrected chi connectivity index (χ0v) is 32.7. The number of para-hydroxylation sites is 3. The van der Waals surface area contributed by atoms with Gasteiger partial charge in [0.15, 0.2) is 5.58 Å². The van der Waals surface area contributed by atoms with Gasteiger partial charge in [0.1, 0.15) is 16.8 Å². The topological polar surface area (TPSA) is 48.8 Å². The molecule has 282 valence electrons. The molecule has 0 unspecified atom stereocenters. The second-order valence-electron chi connectivity index (χ2n) is 16.1. The molecule has 0 aliphatic heterocycles. The Morgan fingerprint density at radius 1 is 0.377 bits per heavy atom. The Kier molecular flexibility index (Phi) is 6.49. The number of fused-ring (bicyclic) bond motifs is 18. The molecule has 0 radical (unpaired) electrons. The van der Waals surface area contributed by atoms with Crippen molar-refractivity contribution in [1.29, 1.82) is 0 Å². The van der Waals surface area contributed by atoms with Crippen LogP contribution in [0.4, 0.5) is 0 Å². The molecule has 10 aromatic carbocycles. The molecule has 5 heteroatoms. The Hall–Kier alpha value is -8.28. The molecule has 0 saturated carbocycles. The van der Waals surface area contributed by atoms with E-state index in [0.29, 0.717) is 11.5 Å². The van der Waals surface area contributed by atoms with Gasteiger partial charge in [0.2, 0.25) is 5.95 Å². The third-order valence-corrected chi connectivity index (χ3v) is 12.9. The minimum Gasteiger partial charge on any atom is -0.452 e. The zero-order valence-electron chi connectivity index (χ0n) is 32.7. The van der Waals surface area contributed by atoms with E-state index in [1.165, 1.54) is 43.1 Å². The lowest BCUT2D eigenvalue weighted by Gasteiger charge is -2.13. The van der Waals surface area contributed by atoms with E-state index in [4.69, 9.17) is 14.4 Å². The minimum absolute atomic E-state index is 0.599. The molecule has 0 N–H and O–H groups in total. The lowest BCUT2D eigenvalue weighted by atomic mass is 9.91. The van der Waals surface area contributed by atoms with Crippen LogP contribution in [0.3, 0.4) is 0 Å². The second kappa shape index (κ2) is 12.1. The van der Waals surface area contributed by atoms with Gasteiger partial charge >= 0.3 is 0 Å². The molecule has 0 bridgehead atoms. The van der Waals surface area contributed by atoms with Gasteiger partial charge in [-0.3, -0.25) is 4.57 Å². The molecule has 0 spiro atoms. The van der Waals surface area contributed by atoms with E-state index >= 15 is 0 Å². The van der Waals surface area contributed by atoms with Gasteiger partial charge in [-0.1, -0.05) is 146 Å². The number of aromatic nitrogens is 4. The number of benzene rings is 10. The van der Waals surface area contributed by atoms with Crippen LogP contribution in [-0.4, -0.2) is 19.1 Å². The fourth-order valence-corrected chi connectivity index (χ4v) is 10.3. The van der Waals surface area contributed by atoms with Crippen molar-refractivity contribution in [3.8, 4) is 22.9 Å². The van der Waals surface area contributed by atoms with Gasteiger partial charge < -0.3 is 8.98 Å². The summed E-state index contributed by atoms with van der Waals surface area (Å²) < 4.78 is 11.4. The Balaban J connectivity index is 1.14. The van der Waals surface area contributed by atoms with E-state index < -0.39 is 0 Å². The van der Waals surface area contributed by atoms with Crippen molar-refractivity contribution in [2.45, 2.75) is 0 Å². The summed E-state index contributed by atoms with van der Waals surface area (Å²) in [5.41, 5.74) is 9.50. The van der Waals surface area contributed by atoms with Crippen LogP contribution in [-0.2, 0) is 0 Å². The van der Waals surface area contributed by atoms with E-state index in [1.54, 1.807) is 0 Å². The van der Waals surface area contributed by atoms with Crippen LogP contribution in [0.5, 0.6) is 0 Å². The summed E-state index contributed by atoms with van der Waals surface area (Å²) in [7, 11) is 0. The average Bonchev–Trinajstić information content (AvgIpc) is 3.99. The third-order valence-electron chi connectivity index (χ3n) is 12.9. The van der Waals surface area contributed by atoms with Gasteiger partial charge in [0, 0.05) is 49.0 Å². The van der Waals surface area contributed by atoms with Gasteiger partial charge in [-0.2, -0.15) is 0 Å². The summed E-state index contributed by atoms with van der Waals surface area (Å²) in [6.07, 6.45) is 0. The highest BCUT2D eigenvalue weighted by Gasteiger charge is 2.25. The van der Waals surface area contributed by atoms with Crippen LogP contribution in [0, 0.1) is 0 Å². The zero-order chi connectivity index (χ0) is 39.8. The first-order valence-electron chi connectivity index (χ1n) is 20.8. The quantitative estimate of drug-likeness (QED) is 0.168. The van der Waals surface area contributed by atoms with Crippen LogP contribution in [0.1, 0.15) is 0 Å². The van der Waals surface area contributed by atoms with Crippen molar-refractivity contribution >= 4 is 109 Å². The van der Waals surface area contributed by atoms with Crippen LogP contribution >= 0.6 is 0 Å². The van der Waals surface area contributed by atoms with Crippen molar-refractivity contribution in [3.05, 3.63) is 194 Å².